The van der Waals surface area contributed by atoms with Crippen molar-refractivity contribution in [3.8, 4) is 5.75 Å². The molecule has 0 amide bonds. The molecular weight excluding hydrogens is 402 g/mol. The van der Waals surface area contributed by atoms with E-state index in [1.54, 1.807) is 7.05 Å². The first-order chi connectivity index (χ1) is 15.6. The molecule has 2 heterocycles. The van der Waals surface area contributed by atoms with Crippen LogP contribution >= 0.6 is 0 Å². The first-order valence-corrected chi connectivity index (χ1v) is 11.6. The number of benzene rings is 1. The summed E-state index contributed by atoms with van der Waals surface area (Å²) in [4.78, 5) is 11.2. The lowest BCUT2D eigenvalue weighted by Crippen LogP contribution is -2.36. The average molecular weight is 440 g/mol. The number of rotatable bonds is 10. The minimum absolute atomic E-state index is 0.201. The first kappa shape index (κ1) is 23.9. The second-order valence-corrected chi connectivity index (χ2v) is 8.03. The fourth-order valence-electron chi connectivity index (χ4n) is 3.74. The van der Waals surface area contributed by atoms with E-state index in [0.717, 1.165) is 61.2 Å². The van der Waals surface area contributed by atoms with Crippen LogP contribution in [-0.2, 0) is 17.8 Å². The number of pyridine rings is 1. The van der Waals surface area contributed by atoms with E-state index in [1.165, 1.54) is 5.56 Å². The third kappa shape index (κ3) is 6.85. The number of nitrogens with zero attached hydrogens (tertiary/aromatic N) is 3. The molecule has 0 bridgehead atoms. The molecule has 7 nitrogen and oxygen atoms in total. The zero-order valence-corrected chi connectivity index (χ0v) is 19.9. The van der Waals surface area contributed by atoms with E-state index in [1.807, 2.05) is 6.20 Å². The number of hydrogen-bond donors (Lipinski definition) is 2. The Labute approximate surface area is 192 Å². The lowest BCUT2D eigenvalue weighted by molar-refractivity contribution is 0.0676. The summed E-state index contributed by atoms with van der Waals surface area (Å²) in [6, 6.07) is 10.5. The van der Waals surface area contributed by atoms with Gasteiger partial charge in [0.25, 0.3) is 0 Å². The minimum Gasteiger partial charge on any atom is -0.491 e. The van der Waals surface area contributed by atoms with Crippen LogP contribution in [-0.4, -0.2) is 50.4 Å². The second kappa shape index (κ2) is 12.3. The van der Waals surface area contributed by atoms with Gasteiger partial charge < -0.3 is 25.0 Å². The molecule has 7 heteroatoms. The van der Waals surface area contributed by atoms with E-state index in [4.69, 9.17) is 9.47 Å². The molecule has 2 aromatic rings. The molecule has 1 saturated heterocycles. The van der Waals surface area contributed by atoms with Gasteiger partial charge in [0.05, 0.1) is 6.10 Å². The van der Waals surface area contributed by atoms with Crippen LogP contribution in [0.3, 0.4) is 0 Å². The number of aromatic nitrogens is 1. The topological polar surface area (TPSA) is 71.0 Å². The number of ether oxygens (including phenoxy) is 2. The van der Waals surface area contributed by atoms with Crippen molar-refractivity contribution in [3.63, 3.8) is 0 Å². The van der Waals surface area contributed by atoms with Gasteiger partial charge in [-0.25, -0.2) is 4.98 Å². The summed E-state index contributed by atoms with van der Waals surface area (Å²) in [5.41, 5.74) is 3.39. The zero-order chi connectivity index (χ0) is 22.8. The smallest absolute Gasteiger partial charge is 0.191 e. The van der Waals surface area contributed by atoms with E-state index in [0.29, 0.717) is 19.7 Å². The summed E-state index contributed by atoms with van der Waals surface area (Å²) in [6.07, 6.45) is 4.31. The van der Waals surface area contributed by atoms with Gasteiger partial charge in [-0.3, -0.25) is 4.99 Å². The molecule has 0 spiro atoms. The van der Waals surface area contributed by atoms with Crippen LogP contribution in [0.2, 0.25) is 0 Å². The van der Waals surface area contributed by atoms with Gasteiger partial charge in [-0.2, -0.15) is 0 Å². The molecule has 3 rings (SSSR count). The Morgan fingerprint density at radius 1 is 1.19 bits per heavy atom. The molecule has 1 aromatic heterocycles. The molecule has 32 heavy (non-hydrogen) atoms. The summed E-state index contributed by atoms with van der Waals surface area (Å²) in [7, 11) is 1.78. The van der Waals surface area contributed by atoms with Crippen LogP contribution in [0.4, 0.5) is 5.82 Å². The molecule has 1 fully saturated rings. The summed E-state index contributed by atoms with van der Waals surface area (Å²) >= 11 is 0. The highest BCUT2D eigenvalue weighted by atomic mass is 16.5. The van der Waals surface area contributed by atoms with E-state index in [9.17, 15) is 0 Å². The van der Waals surface area contributed by atoms with E-state index >= 15 is 0 Å². The van der Waals surface area contributed by atoms with Gasteiger partial charge in [-0.1, -0.05) is 18.2 Å². The molecule has 1 unspecified atom stereocenters. The van der Waals surface area contributed by atoms with Gasteiger partial charge in [0.15, 0.2) is 5.96 Å². The van der Waals surface area contributed by atoms with Crippen LogP contribution in [0.15, 0.2) is 41.5 Å². The number of anilines is 1. The molecule has 0 radical (unpaired) electrons. The first-order valence-electron chi connectivity index (χ1n) is 11.6. The number of guanidine groups is 1. The molecular formula is C25H37N5O2. The third-order valence-corrected chi connectivity index (χ3v) is 5.70. The van der Waals surface area contributed by atoms with Crippen molar-refractivity contribution in [2.24, 2.45) is 4.99 Å². The highest BCUT2D eigenvalue weighted by molar-refractivity contribution is 5.79. The zero-order valence-electron chi connectivity index (χ0n) is 19.9. The van der Waals surface area contributed by atoms with Gasteiger partial charge in [0.2, 0.25) is 0 Å². The third-order valence-electron chi connectivity index (χ3n) is 5.70. The van der Waals surface area contributed by atoms with E-state index in [2.05, 4.69) is 76.6 Å². The van der Waals surface area contributed by atoms with E-state index < -0.39 is 0 Å². The van der Waals surface area contributed by atoms with Crippen molar-refractivity contribution in [3.05, 3.63) is 53.2 Å². The number of aliphatic imine (C=N–C) groups is 1. The van der Waals surface area contributed by atoms with Gasteiger partial charge >= 0.3 is 0 Å². The Kier molecular flexibility index (Phi) is 9.16. The number of aryl methyl sites for hydroxylation is 1. The van der Waals surface area contributed by atoms with Crippen LogP contribution in [0.1, 0.15) is 43.4 Å². The molecule has 2 N–H and O–H groups in total. The summed E-state index contributed by atoms with van der Waals surface area (Å²) in [5, 5.41) is 6.76. The SMILES string of the molecule is CCN(CC)c1ccc(CNC(=NC)NCc2ccc(C)cc2OCC2CCCO2)cn1. The van der Waals surface area contributed by atoms with Crippen molar-refractivity contribution in [1.82, 2.24) is 15.6 Å². The van der Waals surface area contributed by atoms with Crippen LogP contribution in [0.25, 0.3) is 0 Å². The minimum atomic E-state index is 0.201. The highest BCUT2D eigenvalue weighted by Gasteiger charge is 2.17. The maximum absolute atomic E-state index is 6.11. The largest absolute Gasteiger partial charge is 0.491 e. The predicted molar refractivity (Wildman–Crippen MR) is 130 cm³/mol. The van der Waals surface area contributed by atoms with Crippen molar-refractivity contribution in [2.75, 3.05) is 38.3 Å². The fourth-order valence-corrected chi connectivity index (χ4v) is 3.74. The molecule has 1 atom stereocenters. The molecule has 174 valence electrons. The second-order valence-electron chi connectivity index (χ2n) is 8.03. The maximum Gasteiger partial charge on any atom is 0.191 e. The Balaban J connectivity index is 1.52. The monoisotopic (exact) mass is 439 g/mol. The van der Waals surface area contributed by atoms with Gasteiger partial charge in [-0.05, 0) is 56.9 Å². The molecule has 0 aliphatic carbocycles. The molecule has 0 saturated carbocycles. The fraction of sp³-hybridized carbons (Fsp3) is 0.520. The van der Waals surface area contributed by atoms with Gasteiger partial charge in [0.1, 0.15) is 18.2 Å². The van der Waals surface area contributed by atoms with Gasteiger partial charge in [-0.15, -0.1) is 0 Å². The Morgan fingerprint density at radius 2 is 2.00 bits per heavy atom. The van der Waals surface area contributed by atoms with Crippen molar-refractivity contribution < 1.29 is 9.47 Å². The lowest BCUT2D eigenvalue weighted by Gasteiger charge is -2.20. The van der Waals surface area contributed by atoms with Crippen molar-refractivity contribution in [1.29, 1.82) is 0 Å². The quantitative estimate of drug-likeness (QED) is 0.435. The van der Waals surface area contributed by atoms with Crippen LogP contribution in [0, 0.1) is 6.92 Å². The van der Waals surface area contributed by atoms with Gasteiger partial charge in [0, 0.05) is 51.6 Å². The Hall–Kier alpha value is -2.80. The summed E-state index contributed by atoms with van der Waals surface area (Å²) < 4.78 is 11.8. The predicted octanol–water partition coefficient (Wildman–Crippen LogP) is 3.66. The summed E-state index contributed by atoms with van der Waals surface area (Å²) in [6.45, 7) is 11.0. The van der Waals surface area contributed by atoms with Crippen LogP contribution < -0.4 is 20.3 Å². The number of hydrogen-bond acceptors (Lipinski definition) is 5. The van der Waals surface area contributed by atoms with E-state index in [-0.39, 0.29) is 6.10 Å². The standard InChI is InChI=1S/C25H37N5O2/c1-5-30(6-2)24-12-10-20(15-27-24)16-28-25(26-4)29-17-21-11-9-19(3)14-23(21)32-18-22-8-7-13-31-22/h9-12,14-15,22H,5-8,13,16-18H2,1-4H3,(H2,26,28,29). The lowest BCUT2D eigenvalue weighted by atomic mass is 10.1. The maximum atomic E-state index is 6.11. The Morgan fingerprint density at radius 3 is 2.66 bits per heavy atom. The molecule has 1 aliphatic heterocycles. The summed E-state index contributed by atoms with van der Waals surface area (Å²) in [5.74, 6) is 2.65. The normalized spacial score (nSPS) is 16.1. The average Bonchev–Trinajstić information content (AvgIpc) is 3.34. The van der Waals surface area contributed by atoms with Crippen LogP contribution in [0.5, 0.6) is 5.75 Å². The number of nitrogens with one attached hydrogen (secondary N) is 2. The molecule has 1 aliphatic rings. The highest BCUT2D eigenvalue weighted by Crippen LogP contribution is 2.22. The molecule has 1 aromatic carbocycles. The van der Waals surface area contributed by atoms with Crippen molar-refractivity contribution in [2.45, 2.75) is 52.8 Å². The Bertz CT molecular complexity index is 859. The van der Waals surface area contributed by atoms with Crippen molar-refractivity contribution >= 4 is 11.8 Å².